The lowest BCUT2D eigenvalue weighted by molar-refractivity contribution is 0.931. The molecule has 0 fully saturated rings. The minimum absolute atomic E-state index is 0.517. The summed E-state index contributed by atoms with van der Waals surface area (Å²) in [5.74, 6) is 1.74. The Balaban J connectivity index is 1.65. The van der Waals surface area contributed by atoms with E-state index in [1.807, 2.05) is 42.5 Å². The van der Waals surface area contributed by atoms with Crippen LogP contribution in [0.15, 0.2) is 78.9 Å². The average molecular weight is 381 g/mol. The summed E-state index contributed by atoms with van der Waals surface area (Å²) in [5, 5.41) is 6.58. The Morgan fingerprint density at radius 3 is 1.97 bits per heavy atom. The van der Waals surface area contributed by atoms with Gasteiger partial charge in [-0.25, -0.2) is 0 Å². The molecule has 4 rings (SSSR count). The van der Waals surface area contributed by atoms with Gasteiger partial charge in [0.2, 0.25) is 11.9 Å². The van der Waals surface area contributed by atoms with E-state index < -0.39 is 0 Å². The maximum Gasteiger partial charge on any atom is 0.232 e. The lowest BCUT2D eigenvalue weighted by Gasteiger charge is -2.11. The molecule has 4 aromatic rings. The number of nitrogens with zero attached hydrogens (tertiary/aromatic N) is 3. The largest absolute Gasteiger partial charge is 0.324 e. The van der Waals surface area contributed by atoms with Gasteiger partial charge in [0.05, 0.1) is 0 Å². The zero-order valence-electron chi connectivity index (χ0n) is 16.6. The lowest BCUT2D eigenvalue weighted by Crippen LogP contribution is -2.08. The molecule has 0 bridgehead atoms. The second-order valence-electron chi connectivity index (χ2n) is 7.05. The summed E-state index contributed by atoms with van der Waals surface area (Å²) in [6, 6.07) is 26.4. The molecule has 0 saturated heterocycles. The van der Waals surface area contributed by atoms with Gasteiger partial charge in [-0.3, -0.25) is 0 Å². The van der Waals surface area contributed by atoms with Crippen LogP contribution in [-0.4, -0.2) is 15.0 Å². The number of benzene rings is 3. The highest BCUT2D eigenvalue weighted by Gasteiger charge is 2.09. The summed E-state index contributed by atoms with van der Waals surface area (Å²) in [4.78, 5) is 13.8. The van der Waals surface area contributed by atoms with Crippen LogP contribution >= 0.6 is 0 Å². The molecule has 0 radical (unpaired) electrons. The standard InChI is InChI=1S/C24H23N5/c1-17-11-13-19(14-12-17)16-22-27-23(25-20-8-4-3-5-9-20)29-24(28-22)26-21-10-6-7-18(2)15-21/h3-15H,16H2,1-2H3,(H2,25,26,27,28,29). The monoisotopic (exact) mass is 381 g/mol. The van der Waals surface area contributed by atoms with Crippen LogP contribution in [0.5, 0.6) is 0 Å². The van der Waals surface area contributed by atoms with Gasteiger partial charge in [-0.15, -0.1) is 0 Å². The van der Waals surface area contributed by atoms with Crippen LogP contribution in [0, 0.1) is 13.8 Å². The maximum absolute atomic E-state index is 4.64. The van der Waals surface area contributed by atoms with Gasteiger partial charge in [-0.2, -0.15) is 15.0 Å². The third-order valence-electron chi connectivity index (χ3n) is 4.47. The Morgan fingerprint density at radius 2 is 1.28 bits per heavy atom. The predicted octanol–water partition coefficient (Wildman–Crippen LogP) is 5.57. The number of anilines is 4. The molecule has 1 aromatic heterocycles. The topological polar surface area (TPSA) is 62.7 Å². The van der Waals surface area contributed by atoms with Crippen LogP contribution < -0.4 is 10.6 Å². The van der Waals surface area contributed by atoms with Gasteiger partial charge in [0, 0.05) is 17.8 Å². The van der Waals surface area contributed by atoms with Gasteiger partial charge in [-0.05, 0) is 49.2 Å². The van der Waals surface area contributed by atoms with Crippen LogP contribution in [-0.2, 0) is 6.42 Å². The van der Waals surface area contributed by atoms with Crippen LogP contribution in [0.4, 0.5) is 23.3 Å². The van der Waals surface area contributed by atoms with E-state index in [-0.39, 0.29) is 0 Å². The Morgan fingerprint density at radius 1 is 0.621 bits per heavy atom. The second kappa shape index (κ2) is 8.52. The third kappa shape index (κ3) is 5.17. The van der Waals surface area contributed by atoms with Gasteiger partial charge < -0.3 is 10.6 Å². The summed E-state index contributed by atoms with van der Waals surface area (Å²) >= 11 is 0. The molecule has 3 aromatic carbocycles. The highest BCUT2D eigenvalue weighted by molar-refractivity contribution is 5.58. The van der Waals surface area contributed by atoms with E-state index in [0.717, 1.165) is 16.9 Å². The Bertz CT molecular complexity index is 1090. The van der Waals surface area contributed by atoms with Crippen molar-refractivity contribution in [1.29, 1.82) is 0 Å². The molecule has 0 atom stereocenters. The SMILES string of the molecule is Cc1ccc(Cc2nc(Nc3ccccc3)nc(Nc3cccc(C)c3)n2)cc1. The lowest BCUT2D eigenvalue weighted by atomic mass is 10.1. The molecule has 29 heavy (non-hydrogen) atoms. The van der Waals surface area contributed by atoms with Crippen molar-refractivity contribution in [3.8, 4) is 0 Å². The Kier molecular flexibility index (Phi) is 5.47. The van der Waals surface area contributed by atoms with Crippen LogP contribution in [0.25, 0.3) is 0 Å². The van der Waals surface area contributed by atoms with Gasteiger partial charge in [0.15, 0.2) is 0 Å². The van der Waals surface area contributed by atoms with Crippen LogP contribution in [0.3, 0.4) is 0 Å². The molecule has 1 heterocycles. The van der Waals surface area contributed by atoms with Gasteiger partial charge in [0.1, 0.15) is 5.82 Å². The molecule has 0 aliphatic heterocycles. The smallest absolute Gasteiger partial charge is 0.232 e. The molecule has 5 nitrogen and oxygen atoms in total. The molecule has 0 aliphatic carbocycles. The first-order chi connectivity index (χ1) is 14.1. The van der Waals surface area contributed by atoms with E-state index in [0.29, 0.717) is 24.1 Å². The van der Waals surface area contributed by atoms with Crippen molar-refractivity contribution in [2.75, 3.05) is 10.6 Å². The number of hydrogen-bond acceptors (Lipinski definition) is 5. The molecule has 0 spiro atoms. The first kappa shape index (κ1) is 18.6. The summed E-state index contributed by atoms with van der Waals surface area (Å²) in [6.45, 7) is 4.14. The van der Waals surface area contributed by atoms with Gasteiger partial charge in [-0.1, -0.05) is 60.2 Å². The molecule has 0 aliphatic rings. The number of aryl methyl sites for hydroxylation is 2. The van der Waals surface area contributed by atoms with Gasteiger partial charge in [0.25, 0.3) is 0 Å². The fraction of sp³-hybridized carbons (Fsp3) is 0.125. The Labute approximate surface area is 170 Å². The van der Waals surface area contributed by atoms with Crippen molar-refractivity contribution in [3.05, 3.63) is 101 Å². The number of hydrogen-bond donors (Lipinski definition) is 2. The highest BCUT2D eigenvalue weighted by Crippen LogP contribution is 2.19. The van der Waals surface area contributed by atoms with Crippen LogP contribution in [0.2, 0.25) is 0 Å². The van der Waals surface area contributed by atoms with E-state index in [2.05, 4.69) is 75.8 Å². The Hall–Kier alpha value is -3.73. The maximum atomic E-state index is 4.64. The van der Waals surface area contributed by atoms with Crippen molar-refractivity contribution >= 4 is 23.3 Å². The molecule has 0 amide bonds. The average Bonchev–Trinajstić information content (AvgIpc) is 2.70. The van der Waals surface area contributed by atoms with E-state index in [4.69, 9.17) is 0 Å². The first-order valence-electron chi connectivity index (χ1n) is 9.60. The van der Waals surface area contributed by atoms with Crippen molar-refractivity contribution in [3.63, 3.8) is 0 Å². The predicted molar refractivity (Wildman–Crippen MR) is 118 cm³/mol. The summed E-state index contributed by atoms with van der Waals surface area (Å²) < 4.78 is 0. The minimum atomic E-state index is 0.517. The number of aromatic nitrogens is 3. The zero-order valence-corrected chi connectivity index (χ0v) is 16.6. The molecule has 2 N–H and O–H groups in total. The minimum Gasteiger partial charge on any atom is -0.324 e. The number of rotatable bonds is 6. The zero-order chi connectivity index (χ0) is 20.1. The third-order valence-corrected chi connectivity index (χ3v) is 4.47. The number of nitrogens with one attached hydrogen (secondary N) is 2. The van der Waals surface area contributed by atoms with E-state index in [1.54, 1.807) is 0 Å². The van der Waals surface area contributed by atoms with Crippen LogP contribution in [0.1, 0.15) is 22.5 Å². The molecular formula is C24H23N5. The van der Waals surface area contributed by atoms with E-state index in [1.165, 1.54) is 11.1 Å². The van der Waals surface area contributed by atoms with Crippen molar-refractivity contribution in [1.82, 2.24) is 15.0 Å². The molecule has 0 unspecified atom stereocenters. The molecule has 0 saturated carbocycles. The molecule has 144 valence electrons. The highest BCUT2D eigenvalue weighted by atomic mass is 15.2. The fourth-order valence-corrected chi connectivity index (χ4v) is 3.00. The quantitative estimate of drug-likeness (QED) is 0.457. The number of para-hydroxylation sites is 1. The summed E-state index contributed by atoms with van der Waals surface area (Å²) in [7, 11) is 0. The van der Waals surface area contributed by atoms with Crippen molar-refractivity contribution in [2.45, 2.75) is 20.3 Å². The van der Waals surface area contributed by atoms with Crippen molar-refractivity contribution in [2.24, 2.45) is 0 Å². The summed E-state index contributed by atoms with van der Waals surface area (Å²) in [6.07, 6.45) is 0.634. The molecular weight excluding hydrogens is 358 g/mol. The molecule has 5 heteroatoms. The first-order valence-corrected chi connectivity index (χ1v) is 9.60. The normalized spacial score (nSPS) is 10.6. The van der Waals surface area contributed by atoms with E-state index >= 15 is 0 Å². The second-order valence-corrected chi connectivity index (χ2v) is 7.05. The van der Waals surface area contributed by atoms with E-state index in [9.17, 15) is 0 Å². The van der Waals surface area contributed by atoms with Gasteiger partial charge >= 0.3 is 0 Å². The van der Waals surface area contributed by atoms with Crippen molar-refractivity contribution < 1.29 is 0 Å². The summed E-state index contributed by atoms with van der Waals surface area (Å²) in [5.41, 5.74) is 5.45. The fourth-order valence-electron chi connectivity index (χ4n) is 3.00.